The molecular formula is C15H23BrN2O2. The molecule has 1 aromatic carbocycles. The van der Waals surface area contributed by atoms with Crippen molar-refractivity contribution in [1.29, 1.82) is 0 Å². The van der Waals surface area contributed by atoms with Gasteiger partial charge in [0.2, 0.25) is 0 Å². The molecule has 0 saturated heterocycles. The number of halogens is 1. The van der Waals surface area contributed by atoms with Gasteiger partial charge in [-0.2, -0.15) is 0 Å². The van der Waals surface area contributed by atoms with E-state index in [1.54, 1.807) is 12.1 Å². The predicted molar refractivity (Wildman–Crippen MR) is 85.9 cm³/mol. The van der Waals surface area contributed by atoms with Crippen molar-refractivity contribution >= 4 is 21.6 Å². The summed E-state index contributed by atoms with van der Waals surface area (Å²) in [6, 6.07) is 5.71. The first-order valence-electron chi connectivity index (χ1n) is 7.20. The molecule has 0 aliphatic rings. The van der Waals surface area contributed by atoms with Crippen molar-refractivity contribution < 1.29 is 4.92 Å². The number of unbranched alkanes of at least 4 members (excludes halogenated alkanes) is 3. The smallest absolute Gasteiger partial charge is 0.283 e. The Bertz CT molecular complexity index is 438. The molecule has 1 atom stereocenters. The van der Waals surface area contributed by atoms with E-state index in [0.29, 0.717) is 17.1 Å². The van der Waals surface area contributed by atoms with E-state index in [4.69, 9.17) is 0 Å². The molecule has 112 valence electrons. The summed E-state index contributed by atoms with van der Waals surface area (Å²) in [5.74, 6) is 0. The maximum atomic E-state index is 10.9. The van der Waals surface area contributed by atoms with E-state index < -0.39 is 0 Å². The van der Waals surface area contributed by atoms with Crippen molar-refractivity contribution in [3.8, 4) is 0 Å². The Morgan fingerprint density at radius 3 is 2.75 bits per heavy atom. The summed E-state index contributed by atoms with van der Waals surface area (Å²) in [7, 11) is 0. The van der Waals surface area contributed by atoms with Crippen molar-refractivity contribution in [3.63, 3.8) is 0 Å². The van der Waals surface area contributed by atoms with Crippen LogP contribution in [0, 0.1) is 10.1 Å². The number of hydrogen-bond donors (Lipinski definition) is 1. The first-order chi connectivity index (χ1) is 9.54. The zero-order valence-corrected chi connectivity index (χ0v) is 13.8. The molecule has 4 nitrogen and oxygen atoms in total. The minimum atomic E-state index is -0.359. The van der Waals surface area contributed by atoms with Crippen molar-refractivity contribution in [2.24, 2.45) is 0 Å². The van der Waals surface area contributed by atoms with Gasteiger partial charge in [-0.1, -0.05) is 38.7 Å². The molecule has 1 unspecified atom stereocenters. The highest BCUT2D eigenvalue weighted by atomic mass is 79.9. The third kappa shape index (κ3) is 6.01. The number of rotatable bonds is 9. The molecule has 0 amide bonds. The van der Waals surface area contributed by atoms with Gasteiger partial charge in [-0.05, 0) is 40.9 Å². The van der Waals surface area contributed by atoms with Crippen LogP contribution in [0.3, 0.4) is 0 Å². The summed E-state index contributed by atoms with van der Waals surface area (Å²) >= 11 is 3.20. The third-order valence-corrected chi connectivity index (χ3v) is 4.02. The highest BCUT2D eigenvalue weighted by Crippen LogP contribution is 2.25. The van der Waals surface area contributed by atoms with Crippen LogP contribution in [0.2, 0.25) is 0 Å². The second-order valence-electron chi connectivity index (χ2n) is 5.17. The van der Waals surface area contributed by atoms with Gasteiger partial charge < -0.3 is 5.32 Å². The fourth-order valence-corrected chi connectivity index (χ4v) is 2.47. The van der Waals surface area contributed by atoms with Gasteiger partial charge in [0.25, 0.3) is 5.69 Å². The SMILES string of the molecule is CCCCCCC(C)NCc1ccc(Br)c([N+](=O)[O-])c1. The maximum absolute atomic E-state index is 10.9. The Hall–Kier alpha value is -0.940. The molecule has 0 bridgehead atoms. The third-order valence-electron chi connectivity index (χ3n) is 3.35. The zero-order chi connectivity index (χ0) is 15.0. The molecule has 1 rings (SSSR count). The Morgan fingerprint density at radius 1 is 1.35 bits per heavy atom. The van der Waals surface area contributed by atoms with Crippen molar-refractivity contribution in [2.75, 3.05) is 0 Å². The molecule has 1 N–H and O–H groups in total. The van der Waals surface area contributed by atoms with Crippen LogP contribution in [0.25, 0.3) is 0 Å². The largest absolute Gasteiger partial charge is 0.310 e. The summed E-state index contributed by atoms with van der Waals surface area (Å²) < 4.78 is 0.527. The van der Waals surface area contributed by atoms with Gasteiger partial charge in [0.15, 0.2) is 0 Å². The first-order valence-corrected chi connectivity index (χ1v) is 8.00. The van der Waals surface area contributed by atoms with E-state index in [9.17, 15) is 10.1 Å². The molecule has 0 radical (unpaired) electrons. The van der Waals surface area contributed by atoms with Crippen LogP contribution < -0.4 is 5.32 Å². The normalized spacial score (nSPS) is 12.3. The van der Waals surface area contributed by atoms with Crippen molar-refractivity contribution in [2.45, 2.75) is 58.5 Å². The minimum Gasteiger partial charge on any atom is -0.310 e. The maximum Gasteiger partial charge on any atom is 0.283 e. The molecular weight excluding hydrogens is 320 g/mol. The summed E-state index contributed by atoms with van der Waals surface area (Å²) in [5.41, 5.74) is 1.07. The number of nitrogens with zero attached hydrogens (tertiary/aromatic N) is 1. The average Bonchev–Trinajstić information content (AvgIpc) is 2.42. The molecule has 20 heavy (non-hydrogen) atoms. The Labute approximate surface area is 129 Å². The quantitative estimate of drug-likeness (QED) is 0.398. The van der Waals surface area contributed by atoms with Gasteiger partial charge in [0.05, 0.1) is 9.40 Å². The van der Waals surface area contributed by atoms with Crippen LogP contribution >= 0.6 is 15.9 Å². The molecule has 0 saturated carbocycles. The molecule has 0 aliphatic carbocycles. The van der Waals surface area contributed by atoms with Crippen LogP contribution in [-0.2, 0) is 6.54 Å². The summed E-state index contributed by atoms with van der Waals surface area (Å²) in [5, 5.41) is 14.3. The van der Waals surface area contributed by atoms with Gasteiger partial charge in [0, 0.05) is 18.7 Å². The van der Waals surface area contributed by atoms with Gasteiger partial charge in [-0.3, -0.25) is 10.1 Å². The highest BCUT2D eigenvalue weighted by Gasteiger charge is 2.12. The van der Waals surface area contributed by atoms with E-state index >= 15 is 0 Å². The molecule has 0 aliphatic heterocycles. The Balaban J connectivity index is 2.41. The Kier molecular flexibility index (Phi) is 7.77. The van der Waals surface area contributed by atoms with Gasteiger partial charge in [-0.15, -0.1) is 0 Å². The monoisotopic (exact) mass is 342 g/mol. The molecule has 0 heterocycles. The summed E-state index contributed by atoms with van der Waals surface area (Å²) in [6.07, 6.45) is 6.23. The van der Waals surface area contributed by atoms with Gasteiger partial charge in [-0.25, -0.2) is 0 Å². The highest BCUT2D eigenvalue weighted by molar-refractivity contribution is 9.10. The average molecular weight is 343 g/mol. The fraction of sp³-hybridized carbons (Fsp3) is 0.600. The molecule has 0 aromatic heterocycles. The topological polar surface area (TPSA) is 55.2 Å². The fourth-order valence-electron chi connectivity index (χ4n) is 2.08. The van der Waals surface area contributed by atoms with Crippen LogP contribution in [0.15, 0.2) is 22.7 Å². The summed E-state index contributed by atoms with van der Waals surface area (Å²) in [4.78, 5) is 10.5. The number of nitrogens with one attached hydrogen (secondary N) is 1. The second kappa shape index (κ2) is 9.08. The van der Waals surface area contributed by atoms with Crippen molar-refractivity contribution in [3.05, 3.63) is 38.3 Å². The molecule has 1 aromatic rings. The second-order valence-corrected chi connectivity index (χ2v) is 6.03. The van der Waals surface area contributed by atoms with Crippen LogP contribution in [0.1, 0.15) is 51.5 Å². The number of hydrogen-bond acceptors (Lipinski definition) is 3. The van der Waals surface area contributed by atoms with E-state index in [0.717, 1.165) is 12.0 Å². The van der Waals surface area contributed by atoms with E-state index in [-0.39, 0.29) is 10.6 Å². The number of nitro groups is 1. The number of benzene rings is 1. The van der Waals surface area contributed by atoms with Crippen LogP contribution in [0.5, 0.6) is 0 Å². The summed E-state index contributed by atoms with van der Waals surface area (Å²) in [6.45, 7) is 5.05. The van der Waals surface area contributed by atoms with Crippen LogP contribution in [0.4, 0.5) is 5.69 Å². The van der Waals surface area contributed by atoms with E-state index in [1.165, 1.54) is 25.7 Å². The lowest BCUT2D eigenvalue weighted by Crippen LogP contribution is -2.25. The first kappa shape index (κ1) is 17.1. The number of nitro benzene ring substituents is 1. The lowest BCUT2D eigenvalue weighted by atomic mass is 10.1. The van der Waals surface area contributed by atoms with Gasteiger partial charge in [0.1, 0.15) is 0 Å². The van der Waals surface area contributed by atoms with E-state index in [1.807, 2.05) is 6.07 Å². The predicted octanol–water partition coefficient (Wildman–Crippen LogP) is 4.81. The lowest BCUT2D eigenvalue weighted by molar-refractivity contribution is -0.385. The molecule has 0 spiro atoms. The minimum absolute atomic E-state index is 0.125. The molecule has 0 fully saturated rings. The Morgan fingerprint density at radius 2 is 2.10 bits per heavy atom. The van der Waals surface area contributed by atoms with E-state index in [2.05, 4.69) is 35.1 Å². The van der Waals surface area contributed by atoms with Crippen LogP contribution in [-0.4, -0.2) is 11.0 Å². The lowest BCUT2D eigenvalue weighted by Gasteiger charge is -2.13. The standard InChI is InChI=1S/C15H23BrN2O2/c1-3-4-5-6-7-12(2)17-11-13-8-9-14(16)15(10-13)18(19)20/h8-10,12,17H,3-7,11H2,1-2H3. The molecule has 5 heteroatoms. The zero-order valence-electron chi connectivity index (χ0n) is 12.2. The van der Waals surface area contributed by atoms with Crippen molar-refractivity contribution in [1.82, 2.24) is 5.32 Å². The van der Waals surface area contributed by atoms with Gasteiger partial charge >= 0.3 is 0 Å².